The van der Waals surface area contributed by atoms with Crippen LogP contribution in [0, 0.1) is 0 Å². The smallest absolute Gasteiger partial charge is 0.212 e. The maximum atomic E-state index is 5.23. The van der Waals surface area contributed by atoms with E-state index in [2.05, 4.69) is 15.0 Å². The van der Waals surface area contributed by atoms with Gasteiger partial charge in [-0.15, -0.1) is 22.7 Å². The van der Waals surface area contributed by atoms with Crippen molar-refractivity contribution in [3.05, 3.63) is 17.0 Å². The van der Waals surface area contributed by atoms with Crippen LogP contribution in [0.3, 0.4) is 0 Å². The highest BCUT2D eigenvalue weighted by molar-refractivity contribution is 7.15. The third-order valence-corrected chi connectivity index (χ3v) is 2.90. The summed E-state index contributed by atoms with van der Waals surface area (Å²) in [5.41, 5.74) is 11.3. The number of nitrogens with two attached hydrogens (primary N) is 2. The van der Waals surface area contributed by atoms with Gasteiger partial charge in [0.2, 0.25) is 5.13 Å². The molecule has 0 saturated carbocycles. The van der Waals surface area contributed by atoms with Crippen molar-refractivity contribution in [2.75, 3.05) is 0 Å². The third kappa shape index (κ3) is 1.88. The Bertz CT molecular complexity index is 440. The van der Waals surface area contributed by atoms with Crippen LogP contribution >= 0.6 is 22.7 Å². The number of thiazole rings is 2. The van der Waals surface area contributed by atoms with Gasteiger partial charge in [0, 0.05) is 17.0 Å². The van der Waals surface area contributed by atoms with Gasteiger partial charge in [-0.3, -0.25) is 0 Å². The molecule has 2 rings (SSSR count). The van der Waals surface area contributed by atoms with Gasteiger partial charge in [0.05, 0.1) is 0 Å². The molecule has 2 heterocycles. The molecular formula is C7H7N5S2. The molecule has 0 aromatic carbocycles. The first kappa shape index (κ1) is 9.10. The van der Waals surface area contributed by atoms with Crippen LogP contribution < -0.4 is 11.5 Å². The fourth-order valence-corrected chi connectivity index (χ4v) is 2.24. The summed E-state index contributed by atoms with van der Waals surface area (Å²) in [7, 11) is 0. The normalized spacial score (nSPS) is 10.0. The van der Waals surface area contributed by atoms with Crippen LogP contribution in [-0.2, 0) is 0 Å². The highest BCUT2D eigenvalue weighted by Crippen LogP contribution is 2.27. The topological polar surface area (TPSA) is 90.2 Å². The van der Waals surface area contributed by atoms with Crippen LogP contribution in [0.4, 0.5) is 5.13 Å². The van der Waals surface area contributed by atoms with Gasteiger partial charge in [-0.25, -0.2) is 9.97 Å². The van der Waals surface area contributed by atoms with Gasteiger partial charge in [-0.2, -0.15) is 4.99 Å². The Morgan fingerprint density at radius 2 is 2.21 bits per heavy atom. The van der Waals surface area contributed by atoms with E-state index < -0.39 is 0 Å². The molecule has 0 radical (unpaired) electrons. The van der Waals surface area contributed by atoms with E-state index in [1.165, 1.54) is 22.7 Å². The zero-order valence-electron chi connectivity index (χ0n) is 7.04. The van der Waals surface area contributed by atoms with Crippen molar-refractivity contribution in [3.8, 4) is 10.7 Å². The minimum absolute atomic E-state index is 0.0186. The lowest BCUT2D eigenvalue weighted by Gasteiger charge is -1.87. The summed E-state index contributed by atoms with van der Waals surface area (Å²) in [6.45, 7) is 0. The molecule has 0 fully saturated rings. The number of guanidine groups is 1. The summed E-state index contributed by atoms with van der Waals surface area (Å²) in [6, 6.07) is 0. The van der Waals surface area contributed by atoms with Crippen molar-refractivity contribution >= 4 is 33.8 Å². The van der Waals surface area contributed by atoms with Gasteiger partial charge in [-0.05, 0) is 0 Å². The second-order valence-electron chi connectivity index (χ2n) is 2.39. The quantitative estimate of drug-likeness (QED) is 0.593. The first-order valence-corrected chi connectivity index (χ1v) is 5.46. The predicted octanol–water partition coefficient (Wildman–Crippen LogP) is 1.17. The Morgan fingerprint density at radius 1 is 1.36 bits per heavy atom. The lowest BCUT2D eigenvalue weighted by molar-refractivity contribution is 1.30. The number of hydrogen-bond donors (Lipinski definition) is 2. The van der Waals surface area contributed by atoms with Gasteiger partial charge in [0.15, 0.2) is 5.96 Å². The molecule has 4 N–H and O–H groups in total. The molecule has 14 heavy (non-hydrogen) atoms. The molecule has 2 aromatic rings. The summed E-state index contributed by atoms with van der Waals surface area (Å²) in [5, 5.41) is 5.20. The van der Waals surface area contributed by atoms with E-state index in [9.17, 15) is 0 Å². The summed E-state index contributed by atoms with van der Waals surface area (Å²) >= 11 is 2.91. The Labute approximate surface area is 88.1 Å². The van der Waals surface area contributed by atoms with Crippen molar-refractivity contribution in [1.82, 2.24) is 9.97 Å². The second-order valence-corrected chi connectivity index (χ2v) is 4.12. The lowest BCUT2D eigenvalue weighted by atomic mass is 10.5. The standard InChI is InChI=1S/C7H7N5S2/c8-6(9)12-7-11-4(3-14-7)5-10-1-2-13-5/h1-3H,(H4,8,9,11,12). The minimum Gasteiger partial charge on any atom is -0.370 e. The Hall–Kier alpha value is -1.47. The first-order valence-electron chi connectivity index (χ1n) is 3.71. The van der Waals surface area contributed by atoms with E-state index in [-0.39, 0.29) is 5.96 Å². The predicted molar refractivity (Wildman–Crippen MR) is 58.7 cm³/mol. The minimum atomic E-state index is 0.0186. The molecule has 0 saturated heterocycles. The SMILES string of the molecule is NC(N)=Nc1nc(-c2nccs2)cs1. The van der Waals surface area contributed by atoms with Crippen LogP contribution in [0.2, 0.25) is 0 Å². The van der Waals surface area contributed by atoms with Crippen molar-refractivity contribution < 1.29 is 0 Å². The van der Waals surface area contributed by atoms with Gasteiger partial charge < -0.3 is 11.5 Å². The van der Waals surface area contributed by atoms with Crippen LogP contribution in [0.5, 0.6) is 0 Å². The number of rotatable bonds is 2. The van der Waals surface area contributed by atoms with Crippen LogP contribution in [-0.4, -0.2) is 15.9 Å². The van der Waals surface area contributed by atoms with Crippen LogP contribution in [0.25, 0.3) is 10.7 Å². The third-order valence-electron chi connectivity index (χ3n) is 1.37. The Balaban J connectivity index is 2.31. The molecule has 5 nitrogen and oxygen atoms in total. The zero-order chi connectivity index (χ0) is 9.97. The van der Waals surface area contributed by atoms with E-state index in [1.807, 2.05) is 10.8 Å². The second kappa shape index (κ2) is 3.72. The van der Waals surface area contributed by atoms with Crippen LogP contribution in [0.15, 0.2) is 21.9 Å². The fourth-order valence-electron chi connectivity index (χ4n) is 0.874. The van der Waals surface area contributed by atoms with E-state index in [1.54, 1.807) is 6.20 Å². The first-order chi connectivity index (χ1) is 6.75. The molecule has 0 aliphatic carbocycles. The lowest BCUT2D eigenvalue weighted by Crippen LogP contribution is -2.21. The summed E-state index contributed by atoms with van der Waals surface area (Å²) < 4.78 is 0. The molecule has 0 bridgehead atoms. The molecule has 0 aliphatic rings. The Morgan fingerprint density at radius 3 is 2.86 bits per heavy atom. The molecular weight excluding hydrogens is 218 g/mol. The van der Waals surface area contributed by atoms with Crippen molar-refractivity contribution in [3.63, 3.8) is 0 Å². The number of aromatic nitrogens is 2. The molecule has 0 aliphatic heterocycles. The molecule has 0 amide bonds. The van der Waals surface area contributed by atoms with Gasteiger partial charge in [0.1, 0.15) is 10.7 Å². The number of aliphatic imine (C=N–C) groups is 1. The largest absolute Gasteiger partial charge is 0.370 e. The molecule has 0 spiro atoms. The average molecular weight is 225 g/mol. The summed E-state index contributed by atoms with van der Waals surface area (Å²) in [5.74, 6) is 0.0186. The zero-order valence-corrected chi connectivity index (χ0v) is 8.68. The van der Waals surface area contributed by atoms with Gasteiger partial charge >= 0.3 is 0 Å². The highest BCUT2D eigenvalue weighted by atomic mass is 32.1. The van der Waals surface area contributed by atoms with Gasteiger partial charge in [-0.1, -0.05) is 0 Å². The average Bonchev–Trinajstić information content (AvgIpc) is 2.69. The van der Waals surface area contributed by atoms with E-state index in [0.29, 0.717) is 5.13 Å². The van der Waals surface area contributed by atoms with E-state index >= 15 is 0 Å². The molecule has 2 aromatic heterocycles. The van der Waals surface area contributed by atoms with Crippen LogP contribution in [0.1, 0.15) is 0 Å². The van der Waals surface area contributed by atoms with Crippen molar-refractivity contribution in [2.45, 2.75) is 0 Å². The molecule has 0 atom stereocenters. The molecule has 72 valence electrons. The Kier molecular flexibility index (Phi) is 2.42. The monoisotopic (exact) mass is 225 g/mol. The van der Waals surface area contributed by atoms with E-state index in [0.717, 1.165) is 10.7 Å². The fraction of sp³-hybridized carbons (Fsp3) is 0. The number of hydrogen-bond acceptors (Lipinski definition) is 5. The van der Waals surface area contributed by atoms with Gasteiger partial charge in [0.25, 0.3) is 0 Å². The van der Waals surface area contributed by atoms with E-state index in [4.69, 9.17) is 11.5 Å². The molecule has 7 heteroatoms. The summed E-state index contributed by atoms with van der Waals surface area (Å²) in [4.78, 5) is 12.2. The van der Waals surface area contributed by atoms with Crippen molar-refractivity contribution in [1.29, 1.82) is 0 Å². The van der Waals surface area contributed by atoms with Crippen molar-refractivity contribution in [2.24, 2.45) is 16.5 Å². The maximum absolute atomic E-state index is 5.23. The molecule has 0 unspecified atom stereocenters. The highest BCUT2D eigenvalue weighted by Gasteiger charge is 2.05. The number of nitrogens with zero attached hydrogens (tertiary/aromatic N) is 3. The maximum Gasteiger partial charge on any atom is 0.212 e. The summed E-state index contributed by atoms with van der Waals surface area (Å²) in [6.07, 6.45) is 1.74.